The van der Waals surface area contributed by atoms with Gasteiger partial charge in [0.15, 0.2) is 6.61 Å². The molecule has 152 valence electrons. The fourth-order valence-electron chi connectivity index (χ4n) is 2.86. The van der Waals surface area contributed by atoms with Gasteiger partial charge in [0, 0.05) is 25.5 Å². The highest BCUT2D eigenvalue weighted by Crippen LogP contribution is 2.29. The van der Waals surface area contributed by atoms with E-state index < -0.39 is 6.04 Å². The van der Waals surface area contributed by atoms with Crippen LogP contribution >= 0.6 is 11.6 Å². The maximum absolute atomic E-state index is 12.6. The number of aromatic nitrogens is 2. The molecular weight excluding hydrogens is 394 g/mol. The van der Waals surface area contributed by atoms with Crippen molar-refractivity contribution in [2.45, 2.75) is 6.04 Å². The number of hydrogen-bond acceptors (Lipinski definition) is 5. The van der Waals surface area contributed by atoms with Crippen molar-refractivity contribution in [2.75, 3.05) is 20.8 Å². The molecule has 1 unspecified atom stereocenters. The lowest BCUT2D eigenvalue weighted by Gasteiger charge is -2.20. The van der Waals surface area contributed by atoms with Gasteiger partial charge < -0.3 is 24.1 Å². The first-order chi connectivity index (χ1) is 14.0. The highest BCUT2D eigenvalue weighted by atomic mass is 35.5. The van der Waals surface area contributed by atoms with E-state index in [1.165, 1.54) is 0 Å². The van der Waals surface area contributed by atoms with Crippen molar-refractivity contribution in [3.8, 4) is 17.2 Å². The number of amides is 1. The van der Waals surface area contributed by atoms with E-state index in [1.54, 1.807) is 50.7 Å². The maximum Gasteiger partial charge on any atom is 0.258 e. The number of nitrogens with one attached hydrogen (secondary N) is 1. The van der Waals surface area contributed by atoms with E-state index in [0.29, 0.717) is 28.1 Å². The van der Waals surface area contributed by atoms with Crippen molar-refractivity contribution >= 4 is 17.5 Å². The molecule has 0 aliphatic rings. The van der Waals surface area contributed by atoms with Crippen LogP contribution in [0.1, 0.15) is 17.4 Å². The molecule has 0 bridgehead atoms. The minimum absolute atomic E-state index is 0.189. The molecule has 0 saturated carbocycles. The number of carbonyl (C=O) groups is 1. The Morgan fingerprint density at radius 3 is 2.45 bits per heavy atom. The zero-order chi connectivity index (χ0) is 20.8. The molecule has 1 amide bonds. The van der Waals surface area contributed by atoms with Crippen LogP contribution in [0.4, 0.5) is 0 Å². The first kappa shape index (κ1) is 20.5. The number of benzene rings is 2. The molecule has 0 saturated heterocycles. The van der Waals surface area contributed by atoms with E-state index in [0.717, 1.165) is 5.56 Å². The van der Waals surface area contributed by atoms with Crippen LogP contribution in [-0.2, 0) is 11.8 Å². The van der Waals surface area contributed by atoms with Gasteiger partial charge in [0.25, 0.3) is 5.91 Å². The van der Waals surface area contributed by atoms with Gasteiger partial charge in [-0.2, -0.15) is 0 Å². The smallest absolute Gasteiger partial charge is 0.258 e. The van der Waals surface area contributed by atoms with Gasteiger partial charge >= 0.3 is 0 Å². The van der Waals surface area contributed by atoms with Crippen molar-refractivity contribution in [1.82, 2.24) is 14.9 Å². The van der Waals surface area contributed by atoms with E-state index >= 15 is 0 Å². The highest BCUT2D eigenvalue weighted by Gasteiger charge is 2.22. The van der Waals surface area contributed by atoms with Gasteiger partial charge in [-0.3, -0.25) is 4.79 Å². The van der Waals surface area contributed by atoms with E-state index in [4.69, 9.17) is 25.8 Å². The summed E-state index contributed by atoms with van der Waals surface area (Å²) in [5.74, 6) is 2.01. The topological polar surface area (TPSA) is 74.6 Å². The van der Waals surface area contributed by atoms with Gasteiger partial charge in [-0.15, -0.1) is 0 Å². The molecule has 0 aliphatic heterocycles. The summed E-state index contributed by atoms with van der Waals surface area (Å²) >= 11 is 6.08. The number of rotatable bonds is 8. The largest absolute Gasteiger partial charge is 0.497 e. The third kappa shape index (κ3) is 5.00. The minimum Gasteiger partial charge on any atom is -0.497 e. The summed E-state index contributed by atoms with van der Waals surface area (Å²) in [7, 11) is 5.01. The Morgan fingerprint density at radius 2 is 1.86 bits per heavy atom. The second-order valence-electron chi connectivity index (χ2n) is 6.26. The molecule has 1 heterocycles. The lowest BCUT2D eigenvalue weighted by Crippen LogP contribution is -2.34. The SMILES string of the molecule is COc1cc(OC)cc(C(NC(=O)COc2ccccc2Cl)c2nccn2C)c1. The summed E-state index contributed by atoms with van der Waals surface area (Å²) in [5.41, 5.74) is 0.765. The maximum atomic E-state index is 12.6. The fraction of sp³-hybridized carbons (Fsp3) is 0.238. The fourth-order valence-corrected chi connectivity index (χ4v) is 3.05. The highest BCUT2D eigenvalue weighted by molar-refractivity contribution is 6.32. The molecule has 7 nitrogen and oxygen atoms in total. The molecular formula is C21H22ClN3O4. The third-order valence-corrected chi connectivity index (χ3v) is 4.64. The number of halogens is 1. The summed E-state index contributed by atoms with van der Waals surface area (Å²) in [4.78, 5) is 17.0. The van der Waals surface area contributed by atoms with Crippen LogP contribution in [0.2, 0.25) is 5.02 Å². The quantitative estimate of drug-likeness (QED) is 0.610. The average molecular weight is 416 g/mol. The Hall–Kier alpha value is -3.19. The number of carbonyl (C=O) groups excluding carboxylic acids is 1. The Bertz CT molecular complexity index is 967. The Kier molecular flexibility index (Phi) is 6.61. The van der Waals surface area contributed by atoms with Crippen LogP contribution in [0.25, 0.3) is 0 Å². The van der Waals surface area contributed by atoms with Crippen LogP contribution in [0.3, 0.4) is 0 Å². The molecule has 3 rings (SSSR count). The van der Waals surface area contributed by atoms with Crippen LogP contribution in [-0.4, -0.2) is 36.3 Å². The zero-order valence-corrected chi connectivity index (χ0v) is 17.1. The molecule has 0 aliphatic carbocycles. The van der Waals surface area contributed by atoms with E-state index in [-0.39, 0.29) is 12.5 Å². The molecule has 0 radical (unpaired) electrons. The third-order valence-electron chi connectivity index (χ3n) is 4.32. The summed E-state index contributed by atoms with van der Waals surface area (Å²) in [5, 5.41) is 3.41. The number of methoxy groups -OCH3 is 2. The summed E-state index contributed by atoms with van der Waals surface area (Å²) in [6, 6.07) is 11.9. The van der Waals surface area contributed by atoms with Crippen LogP contribution in [0, 0.1) is 0 Å². The predicted molar refractivity (Wildman–Crippen MR) is 110 cm³/mol. The van der Waals surface area contributed by atoms with Crippen molar-refractivity contribution in [2.24, 2.45) is 7.05 Å². The molecule has 29 heavy (non-hydrogen) atoms. The van der Waals surface area contributed by atoms with Crippen molar-refractivity contribution in [3.05, 3.63) is 71.3 Å². The Morgan fingerprint density at radius 1 is 1.17 bits per heavy atom. The van der Waals surface area contributed by atoms with Gasteiger partial charge in [0.05, 0.1) is 19.2 Å². The monoisotopic (exact) mass is 415 g/mol. The van der Waals surface area contributed by atoms with Crippen molar-refractivity contribution in [1.29, 1.82) is 0 Å². The van der Waals surface area contributed by atoms with Gasteiger partial charge in [-0.25, -0.2) is 4.98 Å². The number of aryl methyl sites for hydroxylation is 1. The zero-order valence-electron chi connectivity index (χ0n) is 16.4. The molecule has 1 N–H and O–H groups in total. The summed E-state index contributed by atoms with van der Waals surface area (Å²) in [6.07, 6.45) is 3.48. The summed E-state index contributed by atoms with van der Waals surface area (Å²) in [6.45, 7) is -0.189. The molecule has 0 spiro atoms. The van der Waals surface area contributed by atoms with Crippen LogP contribution < -0.4 is 19.5 Å². The van der Waals surface area contributed by atoms with Crippen molar-refractivity contribution in [3.63, 3.8) is 0 Å². The lowest BCUT2D eigenvalue weighted by atomic mass is 10.0. The minimum atomic E-state index is -0.527. The number of ether oxygens (including phenoxy) is 3. The van der Waals surface area contributed by atoms with Gasteiger partial charge in [0.2, 0.25) is 0 Å². The van der Waals surface area contributed by atoms with E-state index in [2.05, 4.69) is 10.3 Å². The molecule has 2 aromatic carbocycles. The second-order valence-corrected chi connectivity index (χ2v) is 6.67. The number of nitrogens with zero attached hydrogens (tertiary/aromatic N) is 2. The number of imidazole rings is 1. The second kappa shape index (κ2) is 9.34. The molecule has 1 aromatic heterocycles. The van der Waals surface area contributed by atoms with Gasteiger partial charge in [0.1, 0.15) is 29.1 Å². The lowest BCUT2D eigenvalue weighted by molar-refractivity contribution is -0.123. The van der Waals surface area contributed by atoms with Crippen LogP contribution in [0.5, 0.6) is 17.2 Å². The van der Waals surface area contributed by atoms with E-state index in [9.17, 15) is 4.79 Å². The molecule has 0 fully saturated rings. The average Bonchev–Trinajstić information content (AvgIpc) is 3.16. The van der Waals surface area contributed by atoms with Crippen molar-refractivity contribution < 1.29 is 19.0 Å². The standard InChI is InChI=1S/C21H22ClN3O4/c1-25-9-8-23-21(25)20(14-10-15(27-2)12-16(11-14)28-3)24-19(26)13-29-18-7-5-4-6-17(18)22/h4-12,20H,13H2,1-3H3,(H,24,26). The number of para-hydroxylation sites is 1. The Labute approximate surface area is 174 Å². The molecule has 1 atom stereocenters. The van der Waals surface area contributed by atoms with Crippen LogP contribution in [0.15, 0.2) is 54.9 Å². The summed E-state index contributed by atoms with van der Waals surface area (Å²) < 4.78 is 18.1. The van der Waals surface area contributed by atoms with Gasteiger partial charge in [-0.1, -0.05) is 23.7 Å². The number of hydrogen-bond donors (Lipinski definition) is 1. The molecule has 3 aromatic rings. The normalized spacial score (nSPS) is 11.6. The van der Waals surface area contributed by atoms with Gasteiger partial charge in [-0.05, 0) is 29.8 Å². The predicted octanol–water partition coefficient (Wildman–Crippen LogP) is 3.38. The first-order valence-electron chi connectivity index (χ1n) is 8.88. The van der Waals surface area contributed by atoms with E-state index in [1.807, 2.05) is 29.9 Å². The molecule has 8 heteroatoms. The first-order valence-corrected chi connectivity index (χ1v) is 9.26. The Balaban J connectivity index is 1.84.